The molecule has 0 aliphatic carbocycles. The molecule has 0 N–H and O–H groups in total. The zero-order chi connectivity index (χ0) is 24.1. The van der Waals surface area contributed by atoms with Crippen molar-refractivity contribution in [1.82, 2.24) is 4.90 Å². The lowest BCUT2D eigenvalue weighted by Crippen LogP contribution is -2.27. The first kappa shape index (κ1) is 23.6. The molecule has 1 aliphatic rings. The maximum Gasteiger partial charge on any atom is 0.293 e. The molecule has 5 nitrogen and oxygen atoms in total. The van der Waals surface area contributed by atoms with Crippen molar-refractivity contribution in [2.24, 2.45) is 0 Å². The van der Waals surface area contributed by atoms with E-state index in [2.05, 4.69) is 6.58 Å². The molecule has 6 heteroatoms. The van der Waals surface area contributed by atoms with Gasteiger partial charge < -0.3 is 9.47 Å². The Balaban J connectivity index is 1.65. The average Bonchev–Trinajstić information content (AvgIpc) is 3.09. The van der Waals surface area contributed by atoms with E-state index in [0.29, 0.717) is 36.0 Å². The van der Waals surface area contributed by atoms with Crippen LogP contribution in [0.1, 0.15) is 30.5 Å². The first-order valence-electron chi connectivity index (χ1n) is 11.3. The van der Waals surface area contributed by atoms with Gasteiger partial charge in [-0.1, -0.05) is 48.5 Å². The fourth-order valence-electron chi connectivity index (χ4n) is 4.03. The molecular formula is C28H27NO4S. The molecule has 0 radical (unpaired) electrons. The summed E-state index contributed by atoms with van der Waals surface area (Å²) in [6.45, 7) is 8.90. The molecule has 0 spiro atoms. The van der Waals surface area contributed by atoms with Crippen LogP contribution in [0.2, 0.25) is 0 Å². The van der Waals surface area contributed by atoms with Crippen LogP contribution in [-0.4, -0.2) is 29.3 Å². The Morgan fingerprint density at radius 3 is 2.50 bits per heavy atom. The van der Waals surface area contributed by atoms with E-state index in [1.54, 1.807) is 12.2 Å². The van der Waals surface area contributed by atoms with E-state index in [-0.39, 0.29) is 17.7 Å². The highest BCUT2D eigenvalue weighted by atomic mass is 32.2. The fourth-order valence-corrected chi connectivity index (χ4v) is 4.87. The Bertz CT molecular complexity index is 1280. The minimum absolute atomic E-state index is 0.235. The number of carbonyl (C=O) groups excluding carboxylic acids is 2. The van der Waals surface area contributed by atoms with Crippen LogP contribution in [0.4, 0.5) is 4.79 Å². The molecule has 1 aliphatic heterocycles. The van der Waals surface area contributed by atoms with Crippen LogP contribution >= 0.6 is 11.8 Å². The Hall–Kier alpha value is -3.51. The second kappa shape index (κ2) is 10.6. The summed E-state index contributed by atoms with van der Waals surface area (Å²) in [5.74, 6) is 1.01. The van der Waals surface area contributed by atoms with Crippen LogP contribution in [0, 0.1) is 0 Å². The first-order valence-corrected chi connectivity index (χ1v) is 12.1. The summed E-state index contributed by atoms with van der Waals surface area (Å²) >= 11 is 0.960. The van der Waals surface area contributed by atoms with E-state index < -0.39 is 0 Å². The average molecular weight is 474 g/mol. The van der Waals surface area contributed by atoms with Crippen molar-refractivity contribution in [2.45, 2.75) is 26.8 Å². The molecule has 2 amide bonds. The maximum atomic E-state index is 13.2. The highest BCUT2D eigenvalue weighted by Crippen LogP contribution is 2.38. The van der Waals surface area contributed by atoms with Crippen molar-refractivity contribution in [3.8, 4) is 11.5 Å². The van der Waals surface area contributed by atoms with Crippen LogP contribution in [0.25, 0.3) is 16.8 Å². The van der Waals surface area contributed by atoms with E-state index in [1.807, 2.05) is 68.4 Å². The zero-order valence-corrected chi connectivity index (χ0v) is 20.2. The van der Waals surface area contributed by atoms with Crippen molar-refractivity contribution >= 4 is 39.8 Å². The van der Waals surface area contributed by atoms with E-state index in [9.17, 15) is 9.59 Å². The number of nitrogens with zero attached hydrogens (tertiary/aromatic N) is 1. The van der Waals surface area contributed by atoms with Gasteiger partial charge in [0.05, 0.1) is 24.7 Å². The number of benzene rings is 3. The van der Waals surface area contributed by atoms with Gasteiger partial charge in [-0.05, 0) is 72.1 Å². The van der Waals surface area contributed by atoms with E-state index in [4.69, 9.17) is 9.47 Å². The predicted molar refractivity (Wildman–Crippen MR) is 138 cm³/mol. The Morgan fingerprint density at radius 2 is 1.74 bits per heavy atom. The van der Waals surface area contributed by atoms with Gasteiger partial charge in [-0.15, -0.1) is 6.58 Å². The second-order valence-electron chi connectivity index (χ2n) is 7.77. The monoisotopic (exact) mass is 473 g/mol. The van der Waals surface area contributed by atoms with Crippen molar-refractivity contribution in [3.63, 3.8) is 0 Å². The highest BCUT2D eigenvalue weighted by Gasteiger charge is 2.35. The van der Waals surface area contributed by atoms with Gasteiger partial charge in [-0.25, -0.2) is 0 Å². The molecule has 34 heavy (non-hydrogen) atoms. The second-order valence-corrected chi connectivity index (χ2v) is 8.77. The molecule has 1 heterocycles. The number of rotatable bonds is 9. The molecule has 0 bridgehead atoms. The first-order chi connectivity index (χ1) is 16.5. The fraction of sp³-hybridized carbons (Fsp3) is 0.214. The summed E-state index contributed by atoms with van der Waals surface area (Å²) in [7, 11) is 0. The molecule has 3 aromatic carbocycles. The minimum atomic E-state index is -0.292. The molecule has 4 rings (SSSR count). The topological polar surface area (TPSA) is 55.8 Å². The molecule has 1 fully saturated rings. The third-order valence-electron chi connectivity index (χ3n) is 5.49. The van der Waals surface area contributed by atoms with Gasteiger partial charge in [0.25, 0.3) is 11.1 Å². The maximum absolute atomic E-state index is 13.2. The molecule has 0 atom stereocenters. The molecule has 0 unspecified atom stereocenters. The van der Waals surface area contributed by atoms with Gasteiger partial charge in [0.2, 0.25) is 0 Å². The smallest absolute Gasteiger partial charge is 0.293 e. The summed E-state index contributed by atoms with van der Waals surface area (Å²) in [5.41, 5.74) is 2.64. The third-order valence-corrected chi connectivity index (χ3v) is 6.39. The number of fused-ring (bicyclic) bond motifs is 1. The lowest BCUT2D eigenvalue weighted by molar-refractivity contribution is -0.123. The van der Waals surface area contributed by atoms with Gasteiger partial charge in [-0.2, -0.15) is 0 Å². The number of hydrogen-bond acceptors (Lipinski definition) is 5. The van der Waals surface area contributed by atoms with Crippen LogP contribution in [0.3, 0.4) is 0 Å². The van der Waals surface area contributed by atoms with Gasteiger partial charge in [0.15, 0.2) is 11.5 Å². The molecule has 0 aromatic heterocycles. The number of ether oxygens (including phenoxy) is 2. The van der Waals surface area contributed by atoms with Crippen LogP contribution in [0.15, 0.2) is 72.2 Å². The SMILES string of the molecule is C=CCc1cc(/C=C2/SC(=O)N(Cc3cccc4ccccc34)C2=O)cc(OCC)c1OCC. The number of carbonyl (C=O) groups is 2. The normalized spacial score (nSPS) is 14.8. The highest BCUT2D eigenvalue weighted by molar-refractivity contribution is 8.18. The van der Waals surface area contributed by atoms with Gasteiger partial charge in [-0.3, -0.25) is 14.5 Å². The Labute approximate surface area is 204 Å². The number of hydrogen-bond donors (Lipinski definition) is 0. The van der Waals surface area contributed by atoms with Crippen molar-refractivity contribution < 1.29 is 19.1 Å². The third kappa shape index (κ3) is 4.87. The summed E-state index contributed by atoms with van der Waals surface area (Å²) in [4.78, 5) is 27.7. The van der Waals surface area contributed by atoms with E-state index in [0.717, 1.165) is 39.2 Å². The van der Waals surface area contributed by atoms with Crippen molar-refractivity contribution in [2.75, 3.05) is 13.2 Å². The summed E-state index contributed by atoms with van der Waals surface area (Å²) in [6.07, 6.45) is 4.15. The quantitative estimate of drug-likeness (QED) is 0.259. The zero-order valence-electron chi connectivity index (χ0n) is 19.4. The molecule has 174 valence electrons. The summed E-state index contributed by atoms with van der Waals surface area (Å²) in [6, 6.07) is 17.7. The van der Waals surface area contributed by atoms with Crippen molar-refractivity contribution in [1.29, 1.82) is 0 Å². The molecule has 3 aromatic rings. The van der Waals surface area contributed by atoms with Crippen LogP contribution < -0.4 is 9.47 Å². The standard InChI is InChI=1S/C28H27NO4S/c1-4-10-21-15-19(16-24(32-5-2)26(21)33-6-3)17-25-27(30)29(28(31)34-25)18-22-13-9-12-20-11-7-8-14-23(20)22/h4,7-9,11-17H,1,5-6,10,18H2,2-3H3/b25-17+. The number of thioether (sulfide) groups is 1. The van der Waals surface area contributed by atoms with E-state index >= 15 is 0 Å². The van der Waals surface area contributed by atoms with Crippen molar-refractivity contribution in [3.05, 3.63) is 88.8 Å². The molecule has 0 saturated carbocycles. The lowest BCUT2D eigenvalue weighted by atomic mass is 10.0. The van der Waals surface area contributed by atoms with Crippen LogP contribution in [0.5, 0.6) is 11.5 Å². The predicted octanol–water partition coefficient (Wildman–Crippen LogP) is 6.60. The molecular weight excluding hydrogens is 446 g/mol. The van der Waals surface area contributed by atoms with Crippen LogP contribution in [-0.2, 0) is 17.8 Å². The molecule has 1 saturated heterocycles. The Morgan fingerprint density at radius 1 is 0.971 bits per heavy atom. The van der Waals surface area contributed by atoms with Gasteiger partial charge in [0.1, 0.15) is 0 Å². The number of imide groups is 1. The number of allylic oxidation sites excluding steroid dienone is 1. The summed E-state index contributed by atoms with van der Waals surface area (Å²) < 4.78 is 11.6. The lowest BCUT2D eigenvalue weighted by Gasteiger charge is -2.16. The van der Waals surface area contributed by atoms with E-state index in [1.165, 1.54) is 4.90 Å². The van der Waals surface area contributed by atoms with Gasteiger partial charge >= 0.3 is 0 Å². The summed E-state index contributed by atoms with van der Waals surface area (Å²) in [5, 5.41) is 1.84. The minimum Gasteiger partial charge on any atom is -0.490 e. The largest absolute Gasteiger partial charge is 0.490 e. The van der Waals surface area contributed by atoms with Gasteiger partial charge in [0, 0.05) is 5.56 Å². The number of amides is 2. The Kier molecular flexibility index (Phi) is 7.38.